The fraction of sp³-hybridized carbons (Fsp3) is 0.966. The molecule has 1 aliphatic heterocycles. The van der Waals surface area contributed by atoms with E-state index in [1.54, 1.807) is 0 Å². The van der Waals surface area contributed by atoms with Crippen molar-refractivity contribution in [1.29, 1.82) is 0 Å². The van der Waals surface area contributed by atoms with Gasteiger partial charge in [-0.3, -0.25) is 0 Å². The maximum absolute atomic E-state index is 5.84. The average molecular weight is 436 g/mol. The molecule has 0 spiro atoms. The van der Waals surface area contributed by atoms with Crippen LogP contribution in [-0.2, 0) is 4.74 Å². The van der Waals surface area contributed by atoms with Gasteiger partial charge in [0.25, 0.3) is 0 Å². The lowest BCUT2D eigenvalue weighted by Gasteiger charge is -2.18. The van der Waals surface area contributed by atoms with Crippen molar-refractivity contribution in [2.24, 2.45) is 4.99 Å². The van der Waals surface area contributed by atoms with Crippen molar-refractivity contribution in [3.05, 3.63) is 0 Å². The van der Waals surface area contributed by atoms with Gasteiger partial charge in [0.05, 0.1) is 5.54 Å². The minimum absolute atomic E-state index is 0.100. The second-order valence-corrected chi connectivity index (χ2v) is 10.2. The van der Waals surface area contributed by atoms with Crippen molar-refractivity contribution in [1.82, 2.24) is 0 Å². The molecule has 0 radical (unpaired) electrons. The zero-order valence-corrected chi connectivity index (χ0v) is 21.8. The van der Waals surface area contributed by atoms with E-state index in [0.717, 1.165) is 31.8 Å². The van der Waals surface area contributed by atoms with Gasteiger partial charge in [0.1, 0.15) is 6.61 Å². The number of ether oxygens (including phenoxy) is 1. The molecule has 1 rings (SSSR count). The third kappa shape index (κ3) is 15.0. The van der Waals surface area contributed by atoms with Crippen molar-refractivity contribution in [2.45, 2.75) is 174 Å². The molecule has 0 aliphatic carbocycles. The topological polar surface area (TPSA) is 21.6 Å². The van der Waals surface area contributed by atoms with E-state index in [2.05, 4.69) is 20.8 Å². The van der Waals surface area contributed by atoms with E-state index in [1.165, 1.54) is 128 Å². The van der Waals surface area contributed by atoms with Gasteiger partial charge in [-0.1, -0.05) is 143 Å². The number of rotatable bonds is 23. The van der Waals surface area contributed by atoms with Crippen molar-refractivity contribution in [2.75, 3.05) is 6.61 Å². The van der Waals surface area contributed by atoms with Crippen LogP contribution < -0.4 is 0 Å². The summed E-state index contributed by atoms with van der Waals surface area (Å²) in [7, 11) is 0. The molecule has 0 unspecified atom stereocenters. The van der Waals surface area contributed by atoms with Crippen LogP contribution in [0.4, 0.5) is 0 Å². The SMILES string of the molecule is CCCCCCCCCCCCCCCCCCCCCCC1=NC(CC)(CC)CO1. The van der Waals surface area contributed by atoms with Gasteiger partial charge >= 0.3 is 0 Å². The lowest BCUT2D eigenvalue weighted by Crippen LogP contribution is -2.25. The van der Waals surface area contributed by atoms with Crippen LogP contribution in [0.3, 0.4) is 0 Å². The largest absolute Gasteiger partial charge is 0.478 e. The molecule has 2 heteroatoms. The molecule has 31 heavy (non-hydrogen) atoms. The summed E-state index contributed by atoms with van der Waals surface area (Å²) >= 11 is 0. The summed E-state index contributed by atoms with van der Waals surface area (Å²) in [6.07, 6.45) is 32.0. The molecule has 0 atom stereocenters. The van der Waals surface area contributed by atoms with Gasteiger partial charge in [-0.05, 0) is 19.3 Å². The van der Waals surface area contributed by atoms with Crippen LogP contribution in [-0.4, -0.2) is 18.0 Å². The summed E-state index contributed by atoms with van der Waals surface area (Å²) in [5.41, 5.74) is 0.100. The van der Waals surface area contributed by atoms with Gasteiger partial charge < -0.3 is 4.74 Å². The van der Waals surface area contributed by atoms with E-state index in [9.17, 15) is 0 Å². The molecule has 2 nitrogen and oxygen atoms in total. The van der Waals surface area contributed by atoms with E-state index in [0.29, 0.717) is 0 Å². The molecule has 0 fully saturated rings. The maximum Gasteiger partial charge on any atom is 0.183 e. The first-order chi connectivity index (χ1) is 15.3. The zero-order valence-electron chi connectivity index (χ0n) is 21.8. The molecular formula is C29H57NO. The number of nitrogens with zero attached hydrogens (tertiary/aromatic N) is 1. The number of unbranched alkanes of at least 4 members (excludes halogenated alkanes) is 19. The van der Waals surface area contributed by atoms with Crippen LogP contribution in [0.1, 0.15) is 168 Å². The third-order valence-electron chi connectivity index (χ3n) is 7.43. The maximum atomic E-state index is 5.84. The van der Waals surface area contributed by atoms with Crippen LogP contribution in [0.2, 0.25) is 0 Å². The van der Waals surface area contributed by atoms with Gasteiger partial charge in [0.2, 0.25) is 0 Å². The van der Waals surface area contributed by atoms with Gasteiger partial charge in [0, 0.05) is 6.42 Å². The molecule has 0 saturated carbocycles. The Labute approximate surface area is 196 Å². The molecule has 0 N–H and O–H groups in total. The van der Waals surface area contributed by atoms with Crippen LogP contribution >= 0.6 is 0 Å². The Hall–Kier alpha value is -0.530. The van der Waals surface area contributed by atoms with Crippen LogP contribution in [0.5, 0.6) is 0 Å². The van der Waals surface area contributed by atoms with Crippen LogP contribution in [0, 0.1) is 0 Å². The second-order valence-electron chi connectivity index (χ2n) is 10.2. The van der Waals surface area contributed by atoms with Gasteiger partial charge in [-0.25, -0.2) is 4.99 Å². The van der Waals surface area contributed by atoms with E-state index >= 15 is 0 Å². The third-order valence-corrected chi connectivity index (χ3v) is 7.43. The van der Waals surface area contributed by atoms with E-state index in [-0.39, 0.29) is 5.54 Å². The molecule has 0 saturated heterocycles. The Kier molecular flexibility index (Phi) is 18.5. The summed E-state index contributed by atoms with van der Waals surface area (Å²) in [5.74, 6) is 1.03. The smallest absolute Gasteiger partial charge is 0.183 e. The van der Waals surface area contributed by atoms with Crippen molar-refractivity contribution >= 4 is 5.90 Å². The Morgan fingerprint density at radius 1 is 0.548 bits per heavy atom. The summed E-state index contributed by atoms with van der Waals surface area (Å²) in [6, 6.07) is 0. The molecular weight excluding hydrogens is 378 g/mol. The molecule has 1 heterocycles. The molecule has 0 aromatic carbocycles. The standard InChI is InChI=1S/C29H57NO/c1-4-7-8-9-10-11-12-13-14-15-16-17-18-19-20-21-22-23-24-25-26-28-30-29(5-2,6-3)27-31-28/h4-27H2,1-3H3. The van der Waals surface area contributed by atoms with Crippen LogP contribution in [0.15, 0.2) is 4.99 Å². The Morgan fingerprint density at radius 3 is 1.23 bits per heavy atom. The highest BCUT2D eigenvalue weighted by Gasteiger charge is 2.32. The lowest BCUT2D eigenvalue weighted by atomic mass is 9.96. The van der Waals surface area contributed by atoms with E-state index in [1.807, 2.05) is 0 Å². The van der Waals surface area contributed by atoms with Crippen molar-refractivity contribution < 1.29 is 4.74 Å². The minimum Gasteiger partial charge on any atom is -0.478 e. The monoisotopic (exact) mass is 435 g/mol. The van der Waals surface area contributed by atoms with Gasteiger partial charge in [-0.2, -0.15) is 0 Å². The molecule has 0 aromatic heterocycles. The van der Waals surface area contributed by atoms with Crippen molar-refractivity contribution in [3.63, 3.8) is 0 Å². The molecule has 0 bridgehead atoms. The predicted octanol–water partition coefficient (Wildman–Crippen LogP) is 10.2. The Bertz CT molecular complexity index is 413. The summed E-state index contributed by atoms with van der Waals surface area (Å²) < 4.78 is 5.84. The van der Waals surface area contributed by atoms with E-state index in [4.69, 9.17) is 9.73 Å². The van der Waals surface area contributed by atoms with E-state index < -0.39 is 0 Å². The highest BCUT2D eigenvalue weighted by Crippen LogP contribution is 2.27. The fourth-order valence-electron chi connectivity index (χ4n) is 4.82. The number of aliphatic imine (C=N–C) groups is 1. The highest BCUT2D eigenvalue weighted by molar-refractivity contribution is 5.78. The zero-order chi connectivity index (χ0) is 22.5. The molecule has 1 aliphatic rings. The van der Waals surface area contributed by atoms with Gasteiger partial charge in [0.15, 0.2) is 5.90 Å². The number of hydrogen-bond acceptors (Lipinski definition) is 2. The first-order valence-corrected chi connectivity index (χ1v) is 14.5. The number of hydrogen-bond donors (Lipinski definition) is 0. The second kappa shape index (κ2) is 20.1. The molecule has 0 amide bonds. The minimum atomic E-state index is 0.100. The lowest BCUT2D eigenvalue weighted by molar-refractivity contribution is 0.240. The summed E-state index contributed by atoms with van der Waals surface area (Å²) in [6.45, 7) is 7.58. The predicted molar refractivity (Wildman–Crippen MR) is 139 cm³/mol. The fourth-order valence-corrected chi connectivity index (χ4v) is 4.82. The average Bonchev–Trinajstić information content (AvgIpc) is 3.22. The summed E-state index contributed by atoms with van der Waals surface area (Å²) in [5, 5.41) is 0. The Morgan fingerprint density at radius 2 is 0.903 bits per heavy atom. The van der Waals surface area contributed by atoms with Crippen molar-refractivity contribution in [3.8, 4) is 0 Å². The first kappa shape index (κ1) is 28.5. The Balaban J connectivity index is 1.74. The van der Waals surface area contributed by atoms with Gasteiger partial charge in [-0.15, -0.1) is 0 Å². The van der Waals surface area contributed by atoms with Crippen LogP contribution in [0.25, 0.3) is 0 Å². The first-order valence-electron chi connectivity index (χ1n) is 14.5. The molecule has 0 aromatic rings. The highest BCUT2D eigenvalue weighted by atomic mass is 16.5. The normalized spacial score (nSPS) is 15.3. The quantitative estimate of drug-likeness (QED) is 0.146. The molecule has 184 valence electrons. The summed E-state index contributed by atoms with van der Waals surface area (Å²) in [4.78, 5) is 4.87.